The van der Waals surface area contributed by atoms with Gasteiger partial charge in [-0.25, -0.2) is 4.98 Å². The summed E-state index contributed by atoms with van der Waals surface area (Å²) in [6, 6.07) is 26.6. The second-order valence-corrected chi connectivity index (χ2v) is 10.4. The Morgan fingerprint density at radius 2 is 1.67 bits per heavy atom. The van der Waals surface area contributed by atoms with Crippen LogP contribution in [0.1, 0.15) is 27.0 Å². The summed E-state index contributed by atoms with van der Waals surface area (Å²) in [5.41, 5.74) is 4.20. The number of hydrogen-bond acceptors (Lipinski definition) is 5. The minimum Gasteiger partial charge on any atom is -0.325 e. The summed E-state index contributed by atoms with van der Waals surface area (Å²) in [4.78, 5) is 44.5. The van der Waals surface area contributed by atoms with Crippen LogP contribution in [0.25, 0.3) is 16.6 Å². The molecule has 0 saturated heterocycles. The number of carbonyl (C=O) groups excluding carboxylic acids is 2. The lowest BCUT2D eigenvalue weighted by Gasteiger charge is -2.16. The van der Waals surface area contributed by atoms with E-state index in [0.717, 1.165) is 22.9 Å². The number of nitrogens with zero attached hydrogens (tertiary/aromatic N) is 2. The number of aryl methyl sites for hydroxylation is 2. The first-order chi connectivity index (χ1) is 18.8. The number of ketones is 1. The van der Waals surface area contributed by atoms with Crippen molar-refractivity contribution in [2.24, 2.45) is 0 Å². The molecule has 0 radical (unpaired) electrons. The van der Waals surface area contributed by atoms with E-state index in [-0.39, 0.29) is 23.0 Å². The predicted octanol–water partition coefficient (Wildman–Crippen LogP) is 6.62. The van der Waals surface area contributed by atoms with Gasteiger partial charge in [-0.2, -0.15) is 0 Å². The number of aromatic nitrogens is 2. The minimum absolute atomic E-state index is 0.0305. The number of halogens is 1. The number of benzene rings is 4. The summed E-state index contributed by atoms with van der Waals surface area (Å²) in [6.45, 7) is 3.93. The summed E-state index contributed by atoms with van der Waals surface area (Å²) in [5, 5.41) is 4.12. The molecule has 0 fully saturated rings. The van der Waals surface area contributed by atoms with Gasteiger partial charge < -0.3 is 5.32 Å². The van der Waals surface area contributed by atoms with Crippen LogP contribution in [0, 0.1) is 13.8 Å². The summed E-state index contributed by atoms with van der Waals surface area (Å²) < 4.78 is 1.56. The first-order valence-corrected chi connectivity index (χ1v) is 13.6. The Morgan fingerprint density at radius 3 is 2.44 bits per heavy atom. The molecule has 1 heterocycles. The van der Waals surface area contributed by atoms with Gasteiger partial charge in [0.05, 0.1) is 28.0 Å². The van der Waals surface area contributed by atoms with Crippen LogP contribution in [0.4, 0.5) is 5.69 Å². The van der Waals surface area contributed by atoms with E-state index in [4.69, 9.17) is 16.6 Å². The molecule has 0 aliphatic carbocycles. The fraction of sp³-hybridized carbons (Fsp3) is 0.0968. The zero-order valence-electron chi connectivity index (χ0n) is 21.3. The SMILES string of the molecule is Cc1ccc(-n2c(SCC(=O)Nc3ccc(Cl)cc3C(=O)c3ccccc3)nc3ccccc3c2=O)c(C)c1. The zero-order valence-corrected chi connectivity index (χ0v) is 22.8. The average molecular weight is 554 g/mol. The van der Waals surface area contributed by atoms with Crippen LogP contribution >= 0.6 is 23.4 Å². The van der Waals surface area contributed by atoms with Gasteiger partial charge in [-0.3, -0.25) is 19.0 Å². The second-order valence-electron chi connectivity index (χ2n) is 9.06. The van der Waals surface area contributed by atoms with Gasteiger partial charge in [0.1, 0.15) is 0 Å². The number of hydrogen-bond donors (Lipinski definition) is 1. The summed E-state index contributed by atoms with van der Waals surface area (Å²) in [6.07, 6.45) is 0. The van der Waals surface area contributed by atoms with E-state index in [1.807, 2.05) is 44.2 Å². The van der Waals surface area contributed by atoms with E-state index in [2.05, 4.69) is 5.32 Å². The van der Waals surface area contributed by atoms with Gasteiger partial charge in [0, 0.05) is 16.1 Å². The van der Waals surface area contributed by atoms with Gasteiger partial charge in [-0.1, -0.05) is 83.5 Å². The Labute approximate surface area is 234 Å². The standard InChI is InChI=1S/C31H24ClN3O3S/c1-19-12-15-27(20(2)16-19)35-30(38)23-10-6-7-11-25(23)34-31(35)39-18-28(36)33-26-14-13-22(32)17-24(26)29(37)21-8-4-3-5-9-21/h3-17H,18H2,1-2H3,(H,33,36). The van der Waals surface area contributed by atoms with Crippen molar-refractivity contribution in [1.29, 1.82) is 0 Å². The van der Waals surface area contributed by atoms with Gasteiger partial charge >= 0.3 is 0 Å². The van der Waals surface area contributed by atoms with Crippen LogP contribution in [-0.4, -0.2) is 27.0 Å². The Kier molecular flexibility index (Phi) is 7.63. The van der Waals surface area contributed by atoms with Crippen LogP contribution in [0.5, 0.6) is 0 Å². The fourth-order valence-electron chi connectivity index (χ4n) is 4.35. The Balaban J connectivity index is 1.45. The third-order valence-corrected chi connectivity index (χ3v) is 7.38. The highest BCUT2D eigenvalue weighted by Gasteiger charge is 2.19. The number of para-hydroxylation sites is 1. The quantitative estimate of drug-likeness (QED) is 0.139. The molecule has 8 heteroatoms. The van der Waals surface area contributed by atoms with Crippen molar-refractivity contribution in [2.45, 2.75) is 19.0 Å². The van der Waals surface area contributed by atoms with Crippen molar-refractivity contribution in [3.8, 4) is 5.69 Å². The van der Waals surface area contributed by atoms with Crippen LogP contribution in [0.15, 0.2) is 101 Å². The molecule has 1 N–H and O–H groups in total. The van der Waals surface area contributed by atoms with Crippen LogP contribution in [0.3, 0.4) is 0 Å². The molecule has 39 heavy (non-hydrogen) atoms. The van der Waals surface area contributed by atoms with Crippen LogP contribution in [-0.2, 0) is 4.79 Å². The fourth-order valence-corrected chi connectivity index (χ4v) is 5.33. The van der Waals surface area contributed by atoms with Gasteiger partial charge in [-0.15, -0.1) is 0 Å². The molecule has 1 aromatic heterocycles. The van der Waals surface area contributed by atoms with Gasteiger partial charge in [-0.05, 0) is 55.8 Å². The lowest BCUT2D eigenvalue weighted by Crippen LogP contribution is -2.23. The van der Waals surface area contributed by atoms with Crippen molar-refractivity contribution in [1.82, 2.24) is 9.55 Å². The van der Waals surface area contributed by atoms with Crippen LogP contribution < -0.4 is 10.9 Å². The van der Waals surface area contributed by atoms with E-state index in [9.17, 15) is 14.4 Å². The number of amides is 1. The van der Waals surface area contributed by atoms with Gasteiger partial charge in [0.25, 0.3) is 5.56 Å². The second kappa shape index (κ2) is 11.3. The molecule has 0 saturated carbocycles. The number of thioether (sulfide) groups is 1. The third kappa shape index (κ3) is 5.65. The number of rotatable bonds is 7. The monoisotopic (exact) mass is 553 g/mol. The lowest BCUT2D eigenvalue weighted by atomic mass is 10.0. The molecule has 1 amide bonds. The summed E-state index contributed by atoms with van der Waals surface area (Å²) in [7, 11) is 0. The smallest absolute Gasteiger partial charge is 0.266 e. The number of carbonyl (C=O) groups is 2. The van der Waals surface area contributed by atoms with E-state index in [1.165, 1.54) is 0 Å². The third-order valence-electron chi connectivity index (χ3n) is 6.21. The predicted molar refractivity (Wildman–Crippen MR) is 157 cm³/mol. The highest BCUT2D eigenvalue weighted by molar-refractivity contribution is 7.99. The molecule has 4 aromatic carbocycles. The maximum Gasteiger partial charge on any atom is 0.266 e. The maximum atomic E-state index is 13.6. The van der Waals surface area contributed by atoms with Crippen molar-refractivity contribution in [3.63, 3.8) is 0 Å². The molecule has 0 atom stereocenters. The minimum atomic E-state index is -0.348. The molecule has 0 spiro atoms. The van der Waals surface area contributed by atoms with Crippen molar-refractivity contribution < 1.29 is 9.59 Å². The zero-order chi connectivity index (χ0) is 27.5. The molecule has 194 valence electrons. The number of fused-ring (bicyclic) bond motifs is 1. The highest BCUT2D eigenvalue weighted by atomic mass is 35.5. The number of nitrogens with one attached hydrogen (secondary N) is 1. The normalized spacial score (nSPS) is 10.9. The topological polar surface area (TPSA) is 81.1 Å². The molecule has 0 bridgehead atoms. The van der Waals surface area contributed by atoms with Crippen LogP contribution in [0.2, 0.25) is 5.02 Å². The Bertz CT molecular complexity index is 1780. The first-order valence-electron chi connectivity index (χ1n) is 12.2. The molecule has 5 aromatic rings. The average Bonchev–Trinajstić information content (AvgIpc) is 2.94. The maximum absolute atomic E-state index is 13.6. The largest absolute Gasteiger partial charge is 0.325 e. The van der Waals surface area contributed by atoms with Crippen molar-refractivity contribution in [2.75, 3.05) is 11.1 Å². The molecule has 0 aliphatic rings. The molecule has 0 aliphatic heterocycles. The van der Waals surface area contributed by atoms with E-state index in [0.29, 0.717) is 43.6 Å². The van der Waals surface area contributed by atoms with E-state index in [1.54, 1.807) is 65.2 Å². The van der Waals surface area contributed by atoms with E-state index < -0.39 is 0 Å². The first kappa shape index (κ1) is 26.4. The summed E-state index contributed by atoms with van der Waals surface area (Å²) in [5.74, 6) is -0.628. The highest BCUT2D eigenvalue weighted by Crippen LogP contribution is 2.26. The van der Waals surface area contributed by atoms with E-state index >= 15 is 0 Å². The molecule has 0 unspecified atom stereocenters. The number of anilines is 1. The molecular weight excluding hydrogens is 530 g/mol. The van der Waals surface area contributed by atoms with Crippen molar-refractivity contribution >= 4 is 51.6 Å². The molecule has 6 nitrogen and oxygen atoms in total. The van der Waals surface area contributed by atoms with Gasteiger partial charge in [0.2, 0.25) is 5.91 Å². The molecule has 5 rings (SSSR count). The lowest BCUT2D eigenvalue weighted by molar-refractivity contribution is -0.113. The van der Waals surface area contributed by atoms with Gasteiger partial charge in [0.15, 0.2) is 10.9 Å². The van der Waals surface area contributed by atoms with Crippen molar-refractivity contribution in [3.05, 3.63) is 129 Å². The Hall–Kier alpha value is -4.20. The Morgan fingerprint density at radius 1 is 0.923 bits per heavy atom. The molecular formula is C31H24ClN3O3S. The summed E-state index contributed by atoms with van der Waals surface area (Å²) >= 11 is 7.33.